The fraction of sp³-hybridized carbons (Fsp3) is 0.500. The molecule has 1 atom stereocenters. The summed E-state index contributed by atoms with van der Waals surface area (Å²) in [6.07, 6.45) is 3.06. The third kappa shape index (κ3) is 2.95. The van der Waals surface area contributed by atoms with Gasteiger partial charge in [0, 0.05) is 24.7 Å². The summed E-state index contributed by atoms with van der Waals surface area (Å²) in [6, 6.07) is 3.32. The number of piperidine rings is 1. The molecule has 0 bridgehead atoms. The third-order valence-corrected chi connectivity index (χ3v) is 3.77. The van der Waals surface area contributed by atoms with Crippen LogP contribution in [0.4, 0.5) is 10.1 Å². The molecule has 1 aromatic rings. The molecule has 1 saturated heterocycles. The standard InChI is InChI=1S/C14H17FN2O3/c1-2-10-4-3-7-16(9-10)14(18)11-5-6-13(17(19)20)12(15)8-11/h5-6,8,10H,2-4,7,9H2,1H3. The number of rotatable bonds is 3. The van der Waals surface area contributed by atoms with Gasteiger partial charge in [-0.05, 0) is 30.9 Å². The van der Waals surface area contributed by atoms with Crippen LogP contribution in [-0.4, -0.2) is 28.8 Å². The van der Waals surface area contributed by atoms with Gasteiger partial charge in [-0.1, -0.05) is 13.3 Å². The molecule has 0 spiro atoms. The van der Waals surface area contributed by atoms with Gasteiger partial charge < -0.3 is 4.90 Å². The van der Waals surface area contributed by atoms with Crippen LogP contribution < -0.4 is 0 Å². The highest BCUT2D eigenvalue weighted by Crippen LogP contribution is 2.23. The molecule has 0 radical (unpaired) electrons. The first kappa shape index (κ1) is 14.4. The summed E-state index contributed by atoms with van der Waals surface area (Å²) in [7, 11) is 0. The summed E-state index contributed by atoms with van der Waals surface area (Å²) in [5.74, 6) is -0.738. The zero-order chi connectivity index (χ0) is 14.7. The Morgan fingerprint density at radius 3 is 2.90 bits per heavy atom. The van der Waals surface area contributed by atoms with Crippen LogP contribution in [0, 0.1) is 21.8 Å². The van der Waals surface area contributed by atoms with Crippen molar-refractivity contribution in [2.24, 2.45) is 5.92 Å². The SMILES string of the molecule is CCC1CCCN(C(=O)c2ccc([N+](=O)[O-])c(F)c2)C1. The number of amides is 1. The van der Waals surface area contributed by atoms with Crippen molar-refractivity contribution in [1.29, 1.82) is 0 Å². The van der Waals surface area contributed by atoms with Crippen molar-refractivity contribution in [1.82, 2.24) is 4.90 Å². The van der Waals surface area contributed by atoms with E-state index in [9.17, 15) is 19.3 Å². The lowest BCUT2D eigenvalue weighted by Crippen LogP contribution is -2.39. The van der Waals surface area contributed by atoms with E-state index in [4.69, 9.17) is 0 Å². The van der Waals surface area contributed by atoms with Gasteiger partial charge in [0.1, 0.15) is 0 Å². The van der Waals surface area contributed by atoms with E-state index >= 15 is 0 Å². The molecule has 6 heteroatoms. The third-order valence-electron chi connectivity index (χ3n) is 3.77. The van der Waals surface area contributed by atoms with Crippen LogP contribution in [0.15, 0.2) is 18.2 Å². The Kier molecular flexibility index (Phi) is 4.32. The molecule has 1 heterocycles. The van der Waals surface area contributed by atoms with E-state index in [1.54, 1.807) is 4.90 Å². The molecule has 0 aliphatic carbocycles. The van der Waals surface area contributed by atoms with E-state index in [-0.39, 0.29) is 11.5 Å². The Balaban J connectivity index is 2.17. The van der Waals surface area contributed by atoms with Crippen molar-refractivity contribution < 1.29 is 14.1 Å². The molecule has 1 aromatic carbocycles. The number of hydrogen-bond donors (Lipinski definition) is 0. The molecule has 1 fully saturated rings. The van der Waals surface area contributed by atoms with Gasteiger partial charge in [0.05, 0.1) is 4.92 Å². The Bertz CT molecular complexity index is 533. The summed E-state index contributed by atoms with van der Waals surface area (Å²) in [5.41, 5.74) is -0.434. The van der Waals surface area contributed by atoms with Crippen molar-refractivity contribution >= 4 is 11.6 Å². The maximum atomic E-state index is 13.6. The molecule has 1 aliphatic rings. The monoisotopic (exact) mass is 280 g/mol. The first-order valence-corrected chi connectivity index (χ1v) is 6.76. The molecular formula is C14H17FN2O3. The van der Waals surface area contributed by atoms with Gasteiger partial charge in [-0.15, -0.1) is 0 Å². The molecule has 0 aromatic heterocycles. The molecule has 1 aliphatic heterocycles. The highest BCUT2D eigenvalue weighted by molar-refractivity contribution is 5.94. The van der Waals surface area contributed by atoms with Crippen LogP contribution in [0.1, 0.15) is 36.5 Å². The fourth-order valence-electron chi connectivity index (χ4n) is 2.55. The molecule has 0 N–H and O–H groups in total. The number of carbonyl (C=O) groups is 1. The Labute approximate surface area is 116 Å². The predicted molar refractivity (Wildman–Crippen MR) is 72.0 cm³/mol. The zero-order valence-corrected chi connectivity index (χ0v) is 11.3. The maximum absolute atomic E-state index is 13.6. The fourth-order valence-corrected chi connectivity index (χ4v) is 2.55. The van der Waals surface area contributed by atoms with Gasteiger partial charge in [-0.3, -0.25) is 14.9 Å². The summed E-state index contributed by atoms with van der Waals surface area (Å²) in [5, 5.41) is 10.6. The van der Waals surface area contributed by atoms with Gasteiger partial charge >= 0.3 is 5.69 Å². The van der Waals surface area contributed by atoms with Crippen molar-refractivity contribution in [2.75, 3.05) is 13.1 Å². The predicted octanol–water partition coefficient (Wildman–Crippen LogP) is 3.00. The molecule has 5 nitrogen and oxygen atoms in total. The van der Waals surface area contributed by atoms with Crippen molar-refractivity contribution in [3.63, 3.8) is 0 Å². The maximum Gasteiger partial charge on any atom is 0.304 e. The molecule has 0 saturated carbocycles. The second kappa shape index (κ2) is 5.98. The summed E-state index contributed by atoms with van der Waals surface area (Å²) < 4.78 is 13.6. The van der Waals surface area contributed by atoms with Crippen LogP contribution >= 0.6 is 0 Å². The number of nitrogens with zero attached hydrogens (tertiary/aromatic N) is 2. The minimum Gasteiger partial charge on any atom is -0.338 e. The average Bonchev–Trinajstić information content (AvgIpc) is 2.46. The number of nitro groups is 1. The summed E-state index contributed by atoms with van der Waals surface area (Å²) >= 11 is 0. The average molecular weight is 280 g/mol. The van der Waals surface area contributed by atoms with E-state index in [1.807, 2.05) is 0 Å². The lowest BCUT2D eigenvalue weighted by Gasteiger charge is -2.32. The molecule has 1 unspecified atom stereocenters. The smallest absolute Gasteiger partial charge is 0.304 e. The van der Waals surface area contributed by atoms with Crippen molar-refractivity contribution in [3.05, 3.63) is 39.7 Å². The number of hydrogen-bond acceptors (Lipinski definition) is 3. The van der Waals surface area contributed by atoms with Crippen LogP contribution in [0.5, 0.6) is 0 Å². The second-order valence-electron chi connectivity index (χ2n) is 5.09. The normalized spacial score (nSPS) is 18.9. The molecular weight excluding hydrogens is 263 g/mol. The number of carbonyl (C=O) groups excluding carboxylic acids is 1. The second-order valence-corrected chi connectivity index (χ2v) is 5.09. The molecule has 108 valence electrons. The highest BCUT2D eigenvalue weighted by Gasteiger charge is 2.25. The summed E-state index contributed by atoms with van der Waals surface area (Å²) in [6.45, 7) is 3.42. The van der Waals surface area contributed by atoms with Gasteiger partial charge in [-0.2, -0.15) is 4.39 Å². The molecule has 20 heavy (non-hydrogen) atoms. The number of nitro benzene ring substituents is 1. The Morgan fingerprint density at radius 1 is 1.55 bits per heavy atom. The minimum absolute atomic E-state index is 0.171. The van der Waals surface area contributed by atoms with Crippen molar-refractivity contribution in [3.8, 4) is 0 Å². The summed E-state index contributed by atoms with van der Waals surface area (Å²) in [4.78, 5) is 23.8. The lowest BCUT2D eigenvalue weighted by molar-refractivity contribution is -0.387. The van der Waals surface area contributed by atoms with Gasteiger partial charge in [0.2, 0.25) is 5.82 Å². The van der Waals surface area contributed by atoms with Gasteiger partial charge in [-0.25, -0.2) is 0 Å². The van der Waals surface area contributed by atoms with Gasteiger partial charge in [0.15, 0.2) is 0 Å². The van der Waals surface area contributed by atoms with E-state index in [0.29, 0.717) is 19.0 Å². The van der Waals surface area contributed by atoms with Crippen LogP contribution in [0.25, 0.3) is 0 Å². The Morgan fingerprint density at radius 2 is 2.30 bits per heavy atom. The van der Waals surface area contributed by atoms with Crippen LogP contribution in [0.2, 0.25) is 0 Å². The first-order valence-electron chi connectivity index (χ1n) is 6.76. The van der Waals surface area contributed by atoms with Gasteiger partial charge in [0.25, 0.3) is 5.91 Å². The number of likely N-dealkylation sites (tertiary alicyclic amines) is 1. The number of benzene rings is 1. The molecule has 1 amide bonds. The largest absolute Gasteiger partial charge is 0.338 e. The van der Waals surface area contributed by atoms with E-state index in [0.717, 1.165) is 31.4 Å². The van der Waals surface area contributed by atoms with E-state index < -0.39 is 16.4 Å². The Hall–Kier alpha value is -1.98. The van der Waals surface area contributed by atoms with Crippen molar-refractivity contribution in [2.45, 2.75) is 26.2 Å². The number of halogens is 1. The lowest BCUT2D eigenvalue weighted by atomic mass is 9.95. The topological polar surface area (TPSA) is 63.5 Å². The zero-order valence-electron chi connectivity index (χ0n) is 11.3. The van der Waals surface area contributed by atoms with E-state index in [2.05, 4.69) is 6.92 Å². The van der Waals surface area contributed by atoms with Crippen LogP contribution in [-0.2, 0) is 0 Å². The quantitative estimate of drug-likeness (QED) is 0.631. The molecule has 2 rings (SSSR count). The minimum atomic E-state index is -0.968. The first-order chi connectivity index (χ1) is 9.52. The highest BCUT2D eigenvalue weighted by atomic mass is 19.1. The van der Waals surface area contributed by atoms with E-state index in [1.165, 1.54) is 6.07 Å². The van der Waals surface area contributed by atoms with Crippen LogP contribution in [0.3, 0.4) is 0 Å².